The number of benzene rings is 1. The highest BCUT2D eigenvalue weighted by Gasteiger charge is 2.19. The van der Waals surface area contributed by atoms with Gasteiger partial charge in [-0.2, -0.15) is 4.57 Å². The molecule has 0 unspecified atom stereocenters. The van der Waals surface area contributed by atoms with Crippen molar-refractivity contribution in [1.82, 2.24) is 4.90 Å². The van der Waals surface area contributed by atoms with E-state index in [4.69, 9.17) is 9.47 Å². The predicted octanol–water partition coefficient (Wildman–Crippen LogP) is -1.14. The monoisotopic (exact) mass is 378 g/mol. The molecule has 0 radical (unpaired) electrons. The van der Waals surface area contributed by atoms with Crippen molar-refractivity contribution in [3.63, 3.8) is 0 Å². The van der Waals surface area contributed by atoms with Crippen LogP contribution in [-0.4, -0.2) is 37.3 Å². The van der Waals surface area contributed by atoms with E-state index in [0.29, 0.717) is 32.1 Å². The Kier molecular flexibility index (Phi) is 6.55. The number of hydrogen-bond acceptors (Lipinski definition) is 3. The van der Waals surface area contributed by atoms with Gasteiger partial charge in [0.15, 0.2) is 18.5 Å². The van der Waals surface area contributed by atoms with E-state index in [-0.39, 0.29) is 23.1 Å². The molecule has 1 aromatic heterocycles. The Labute approximate surface area is 146 Å². The van der Waals surface area contributed by atoms with Gasteiger partial charge >= 0.3 is 6.09 Å². The highest BCUT2D eigenvalue weighted by Crippen LogP contribution is 2.09. The molecule has 0 bridgehead atoms. The molecule has 0 saturated carbocycles. The minimum absolute atomic E-state index is 0. The molecule has 1 saturated heterocycles. The number of rotatable bonds is 3. The number of carbonyl (C=O) groups excluding carboxylic acids is 1. The largest absolute Gasteiger partial charge is 1.00 e. The van der Waals surface area contributed by atoms with Crippen LogP contribution in [0.4, 0.5) is 4.79 Å². The lowest BCUT2D eigenvalue weighted by Crippen LogP contribution is -3.00. The van der Waals surface area contributed by atoms with Gasteiger partial charge in [-0.05, 0) is 6.07 Å². The van der Waals surface area contributed by atoms with Gasteiger partial charge in [0.05, 0.1) is 13.2 Å². The molecule has 1 aliphatic rings. The van der Waals surface area contributed by atoms with Crippen LogP contribution in [0.2, 0.25) is 0 Å². The van der Waals surface area contributed by atoms with Gasteiger partial charge in [0.1, 0.15) is 0 Å². The molecule has 6 heteroatoms. The molecule has 2 heterocycles. The summed E-state index contributed by atoms with van der Waals surface area (Å²) in [6.07, 6.45) is 3.48. The number of ether oxygens (including phenoxy) is 2. The second-order valence-electron chi connectivity index (χ2n) is 5.16. The van der Waals surface area contributed by atoms with Gasteiger partial charge in [-0.25, -0.2) is 4.79 Å². The molecule has 1 fully saturated rings. The summed E-state index contributed by atoms with van der Waals surface area (Å²) in [5.41, 5.74) is 1.20. The van der Waals surface area contributed by atoms with E-state index in [2.05, 4.69) is 12.1 Å². The number of carbonyl (C=O) groups is 1. The van der Waals surface area contributed by atoms with E-state index in [1.54, 1.807) is 11.0 Å². The molecule has 1 aromatic carbocycles. The highest BCUT2D eigenvalue weighted by molar-refractivity contribution is 5.70. The number of aromatic nitrogens is 1. The smallest absolute Gasteiger partial charge is 0.415 e. The first-order chi connectivity index (χ1) is 10.8. The second-order valence-corrected chi connectivity index (χ2v) is 5.16. The zero-order valence-electron chi connectivity index (χ0n) is 12.7. The van der Waals surface area contributed by atoms with Crippen LogP contribution in [0.1, 0.15) is 5.56 Å². The summed E-state index contributed by atoms with van der Waals surface area (Å²) in [6, 6.07) is 13.8. The van der Waals surface area contributed by atoms with Gasteiger partial charge in [0, 0.05) is 24.7 Å². The van der Waals surface area contributed by atoms with Gasteiger partial charge in [0.25, 0.3) is 0 Å². The molecule has 3 rings (SSSR count). The Morgan fingerprint density at radius 3 is 2.61 bits per heavy atom. The van der Waals surface area contributed by atoms with Crippen molar-refractivity contribution < 1.29 is 35.8 Å². The fourth-order valence-corrected chi connectivity index (χ4v) is 2.36. The third-order valence-electron chi connectivity index (χ3n) is 3.51. The molecular weight excluding hydrogens is 360 g/mol. The highest BCUT2D eigenvalue weighted by atomic mass is 79.9. The molecule has 2 aromatic rings. The number of pyridine rings is 1. The molecule has 0 N–H and O–H groups in total. The number of amides is 1. The van der Waals surface area contributed by atoms with E-state index in [1.807, 2.05) is 41.2 Å². The van der Waals surface area contributed by atoms with E-state index in [1.165, 1.54) is 5.56 Å². The van der Waals surface area contributed by atoms with E-state index in [9.17, 15) is 4.79 Å². The number of morpholine rings is 1. The summed E-state index contributed by atoms with van der Waals surface area (Å²) in [4.78, 5) is 13.7. The van der Waals surface area contributed by atoms with Crippen molar-refractivity contribution in [3.05, 3.63) is 60.4 Å². The average Bonchev–Trinajstić information content (AvgIpc) is 2.57. The maximum Gasteiger partial charge on any atom is 0.415 e. The van der Waals surface area contributed by atoms with Crippen molar-refractivity contribution in [2.75, 3.05) is 26.3 Å². The lowest BCUT2D eigenvalue weighted by molar-refractivity contribution is -0.688. The summed E-state index contributed by atoms with van der Waals surface area (Å²) in [5, 5.41) is 0. The summed E-state index contributed by atoms with van der Waals surface area (Å²) in [6.45, 7) is 3.03. The van der Waals surface area contributed by atoms with Crippen molar-refractivity contribution in [2.24, 2.45) is 0 Å². The number of nitrogens with zero attached hydrogens (tertiary/aromatic N) is 2. The molecule has 122 valence electrons. The fourth-order valence-electron chi connectivity index (χ4n) is 2.36. The lowest BCUT2D eigenvalue weighted by atomic mass is 10.2. The quantitative estimate of drug-likeness (QED) is 0.634. The Hall–Kier alpha value is -1.92. The molecular formula is C17H19BrN2O3. The average molecular weight is 379 g/mol. The van der Waals surface area contributed by atoms with Gasteiger partial charge < -0.3 is 31.4 Å². The van der Waals surface area contributed by atoms with Crippen LogP contribution in [0.3, 0.4) is 0 Å². The fraction of sp³-hybridized carbons (Fsp3) is 0.294. The first-order valence-corrected chi connectivity index (χ1v) is 7.39. The summed E-state index contributed by atoms with van der Waals surface area (Å²) in [7, 11) is 0. The molecule has 1 amide bonds. The topological polar surface area (TPSA) is 42.7 Å². The second kappa shape index (κ2) is 8.64. The van der Waals surface area contributed by atoms with Crippen LogP contribution >= 0.6 is 0 Å². The van der Waals surface area contributed by atoms with Crippen LogP contribution in [0, 0.1) is 0 Å². The Morgan fingerprint density at radius 1 is 1.13 bits per heavy atom. The number of halogens is 1. The standard InChI is InChI=1S/C17H19N2O3.BrH/c20-17(19-9-11-21-12-10-19)22-16-7-4-8-18(14-16)13-15-5-2-1-3-6-15;/h1-8,14H,9-13H2;1H/q+1;/p-1. The van der Waals surface area contributed by atoms with Crippen molar-refractivity contribution in [3.8, 4) is 5.75 Å². The molecule has 1 aliphatic heterocycles. The molecule has 5 nitrogen and oxygen atoms in total. The van der Waals surface area contributed by atoms with Gasteiger partial charge in [-0.15, -0.1) is 0 Å². The van der Waals surface area contributed by atoms with Crippen molar-refractivity contribution >= 4 is 6.09 Å². The summed E-state index contributed by atoms with van der Waals surface area (Å²) in [5.74, 6) is 0.551. The normalized spacial score (nSPS) is 14.0. The first kappa shape index (κ1) is 17.4. The van der Waals surface area contributed by atoms with Crippen LogP contribution in [0.25, 0.3) is 0 Å². The van der Waals surface area contributed by atoms with Gasteiger partial charge in [0.2, 0.25) is 6.20 Å². The van der Waals surface area contributed by atoms with Crippen LogP contribution in [0.15, 0.2) is 54.9 Å². The van der Waals surface area contributed by atoms with Gasteiger partial charge in [-0.3, -0.25) is 0 Å². The minimum atomic E-state index is -0.319. The molecule has 0 spiro atoms. The Bertz CT molecular complexity index is 631. The number of hydrogen-bond donors (Lipinski definition) is 0. The van der Waals surface area contributed by atoms with Crippen LogP contribution in [-0.2, 0) is 11.3 Å². The van der Waals surface area contributed by atoms with E-state index < -0.39 is 0 Å². The Morgan fingerprint density at radius 2 is 1.87 bits per heavy atom. The maximum absolute atomic E-state index is 12.1. The maximum atomic E-state index is 12.1. The van der Waals surface area contributed by atoms with E-state index in [0.717, 1.165) is 6.54 Å². The summed E-state index contributed by atoms with van der Waals surface area (Å²) >= 11 is 0. The lowest BCUT2D eigenvalue weighted by Gasteiger charge is -2.25. The summed E-state index contributed by atoms with van der Waals surface area (Å²) < 4.78 is 12.7. The Balaban J connectivity index is 0.00000192. The zero-order valence-corrected chi connectivity index (χ0v) is 14.3. The molecule has 0 atom stereocenters. The van der Waals surface area contributed by atoms with Crippen molar-refractivity contribution in [1.29, 1.82) is 0 Å². The van der Waals surface area contributed by atoms with Crippen molar-refractivity contribution in [2.45, 2.75) is 6.54 Å². The molecule has 23 heavy (non-hydrogen) atoms. The zero-order chi connectivity index (χ0) is 15.2. The third-order valence-corrected chi connectivity index (χ3v) is 3.51. The van der Waals surface area contributed by atoms with Crippen LogP contribution < -0.4 is 26.3 Å². The third kappa shape index (κ3) is 5.04. The SMILES string of the molecule is O=C(Oc1ccc[n+](Cc2ccccc2)c1)N1CCOCC1.[Br-]. The van der Waals surface area contributed by atoms with E-state index >= 15 is 0 Å². The predicted molar refractivity (Wildman–Crippen MR) is 80.6 cm³/mol. The van der Waals surface area contributed by atoms with Gasteiger partial charge in [-0.1, -0.05) is 30.3 Å². The first-order valence-electron chi connectivity index (χ1n) is 7.39. The van der Waals surface area contributed by atoms with Crippen LogP contribution in [0.5, 0.6) is 5.75 Å². The minimum Gasteiger partial charge on any atom is -1.00 e. The molecule has 0 aliphatic carbocycles.